The highest BCUT2D eigenvalue weighted by atomic mass is 32.1. The molecule has 3 aliphatic rings. The van der Waals surface area contributed by atoms with Crippen molar-refractivity contribution in [1.29, 1.82) is 0 Å². The quantitative estimate of drug-likeness (QED) is 0.733. The average Bonchev–Trinajstić information content (AvgIpc) is 2.56. The first-order valence-corrected chi connectivity index (χ1v) is 9.50. The maximum absolute atomic E-state index is 5.81. The number of thiocarbonyl (C=S) groups is 1. The molecular weight excluding hydrogens is 278 g/mol. The lowest BCUT2D eigenvalue weighted by Crippen LogP contribution is -2.62. The summed E-state index contributed by atoms with van der Waals surface area (Å²) in [4.78, 5) is 7.70. The number of hydrogen-bond acceptors (Lipinski definition) is 2. The molecular formula is C17H31N3S. The molecule has 0 radical (unpaired) electrons. The molecule has 1 heterocycles. The minimum absolute atomic E-state index is 0.701. The van der Waals surface area contributed by atoms with E-state index in [0.29, 0.717) is 6.04 Å². The fourth-order valence-corrected chi connectivity index (χ4v) is 4.73. The van der Waals surface area contributed by atoms with Gasteiger partial charge in [-0.3, -0.25) is 4.90 Å². The third-order valence-corrected chi connectivity index (χ3v) is 6.18. The lowest BCUT2D eigenvalue weighted by Gasteiger charge is -2.50. The molecule has 2 saturated carbocycles. The van der Waals surface area contributed by atoms with Gasteiger partial charge in [-0.25, -0.2) is 0 Å². The van der Waals surface area contributed by atoms with Gasteiger partial charge in [-0.15, -0.1) is 0 Å². The zero-order valence-electron chi connectivity index (χ0n) is 13.6. The van der Waals surface area contributed by atoms with Gasteiger partial charge < -0.3 is 9.80 Å². The molecule has 3 rings (SSSR count). The second kappa shape index (κ2) is 7.28. The molecule has 0 spiro atoms. The Bertz CT molecular complexity index is 348. The Labute approximate surface area is 135 Å². The molecule has 3 fully saturated rings. The summed E-state index contributed by atoms with van der Waals surface area (Å²) in [5.74, 6) is 0. The molecule has 2 aliphatic carbocycles. The summed E-state index contributed by atoms with van der Waals surface area (Å²) < 4.78 is 0. The van der Waals surface area contributed by atoms with Crippen molar-refractivity contribution in [3.05, 3.63) is 0 Å². The lowest BCUT2D eigenvalue weighted by atomic mass is 9.93. The van der Waals surface area contributed by atoms with Crippen molar-refractivity contribution in [3.8, 4) is 0 Å². The minimum atomic E-state index is 0.701. The molecule has 0 atom stereocenters. The predicted octanol–water partition coefficient (Wildman–Crippen LogP) is 3.79. The van der Waals surface area contributed by atoms with E-state index in [1.54, 1.807) is 0 Å². The molecule has 0 unspecified atom stereocenters. The molecule has 0 bridgehead atoms. The molecule has 4 heteroatoms. The number of hydrogen-bond donors (Lipinski definition) is 0. The molecule has 0 amide bonds. The van der Waals surface area contributed by atoms with Crippen LogP contribution in [0.4, 0.5) is 0 Å². The zero-order chi connectivity index (χ0) is 14.7. The molecule has 0 aromatic rings. The van der Waals surface area contributed by atoms with Crippen molar-refractivity contribution in [2.45, 2.75) is 83.2 Å². The van der Waals surface area contributed by atoms with E-state index in [9.17, 15) is 0 Å². The fourth-order valence-electron chi connectivity index (χ4n) is 4.34. The van der Waals surface area contributed by atoms with E-state index in [4.69, 9.17) is 12.2 Å². The average molecular weight is 310 g/mol. The molecule has 1 aliphatic heterocycles. The topological polar surface area (TPSA) is 9.72 Å². The van der Waals surface area contributed by atoms with E-state index in [1.807, 2.05) is 0 Å². The van der Waals surface area contributed by atoms with Gasteiger partial charge in [0.2, 0.25) is 0 Å². The monoisotopic (exact) mass is 309 g/mol. The van der Waals surface area contributed by atoms with Crippen molar-refractivity contribution >= 4 is 17.3 Å². The van der Waals surface area contributed by atoms with Gasteiger partial charge in [0, 0.05) is 18.6 Å². The standard InChI is InChI=1S/C17H31N3S/c1-2-18-13-19(15-9-5-3-6-10-15)14-20(17(18)21)16-11-7-4-8-12-16/h15-16H,2-14H2,1H3. The second-order valence-corrected chi connectivity index (χ2v) is 7.43. The van der Waals surface area contributed by atoms with Gasteiger partial charge in [-0.1, -0.05) is 38.5 Å². The van der Waals surface area contributed by atoms with Crippen LogP contribution in [0.3, 0.4) is 0 Å². The number of nitrogens with zero attached hydrogens (tertiary/aromatic N) is 3. The van der Waals surface area contributed by atoms with Gasteiger partial charge in [-0.05, 0) is 44.8 Å². The maximum atomic E-state index is 5.81. The van der Waals surface area contributed by atoms with Crippen molar-refractivity contribution < 1.29 is 0 Å². The Balaban J connectivity index is 1.69. The zero-order valence-corrected chi connectivity index (χ0v) is 14.4. The summed E-state index contributed by atoms with van der Waals surface area (Å²) in [6.45, 7) is 5.44. The highest BCUT2D eigenvalue weighted by Gasteiger charge is 2.34. The van der Waals surface area contributed by atoms with E-state index < -0.39 is 0 Å². The summed E-state index contributed by atoms with van der Waals surface area (Å²) in [6, 6.07) is 1.49. The summed E-state index contributed by atoms with van der Waals surface area (Å²) in [5, 5.41) is 1.12. The van der Waals surface area contributed by atoms with Gasteiger partial charge >= 0.3 is 0 Å². The van der Waals surface area contributed by atoms with Crippen LogP contribution in [0.25, 0.3) is 0 Å². The Morgan fingerprint density at radius 1 is 0.857 bits per heavy atom. The van der Waals surface area contributed by atoms with Gasteiger partial charge in [0.1, 0.15) is 0 Å². The Kier molecular flexibility index (Phi) is 5.38. The highest BCUT2D eigenvalue weighted by Crippen LogP contribution is 2.29. The van der Waals surface area contributed by atoms with Crippen LogP contribution in [0, 0.1) is 0 Å². The highest BCUT2D eigenvalue weighted by molar-refractivity contribution is 7.80. The minimum Gasteiger partial charge on any atom is -0.336 e. The Morgan fingerprint density at radius 3 is 2.00 bits per heavy atom. The van der Waals surface area contributed by atoms with Gasteiger partial charge in [0.25, 0.3) is 0 Å². The van der Waals surface area contributed by atoms with Crippen LogP contribution in [-0.4, -0.2) is 51.8 Å². The first-order valence-electron chi connectivity index (χ1n) is 9.09. The lowest BCUT2D eigenvalue weighted by molar-refractivity contribution is 0.0131. The molecule has 120 valence electrons. The summed E-state index contributed by atoms with van der Waals surface area (Å²) >= 11 is 5.81. The van der Waals surface area contributed by atoms with E-state index in [2.05, 4.69) is 21.6 Å². The van der Waals surface area contributed by atoms with Crippen LogP contribution in [0.1, 0.15) is 71.1 Å². The van der Waals surface area contributed by atoms with Crippen LogP contribution in [0.2, 0.25) is 0 Å². The molecule has 0 aromatic heterocycles. The van der Waals surface area contributed by atoms with Crippen molar-refractivity contribution in [2.24, 2.45) is 0 Å². The number of rotatable bonds is 3. The fraction of sp³-hybridized carbons (Fsp3) is 0.941. The van der Waals surface area contributed by atoms with Crippen LogP contribution in [-0.2, 0) is 0 Å². The Hall–Kier alpha value is -0.350. The molecule has 3 nitrogen and oxygen atoms in total. The predicted molar refractivity (Wildman–Crippen MR) is 92.1 cm³/mol. The Morgan fingerprint density at radius 2 is 1.43 bits per heavy atom. The first-order chi connectivity index (χ1) is 10.3. The van der Waals surface area contributed by atoms with Crippen LogP contribution in [0.15, 0.2) is 0 Å². The van der Waals surface area contributed by atoms with E-state index in [0.717, 1.165) is 31.0 Å². The molecule has 1 saturated heterocycles. The van der Waals surface area contributed by atoms with Gasteiger partial charge in [0.15, 0.2) is 5.11 Å². The molecule has 0 aromatic carbocycles. The summed E-state index contributed by atoms with van der Waals surface area (Å²) in [7, 11) is 0. The third kappa shape index (κ3) is 3.53. The van der Waals surface area contributed by atoms with Crippen molar-refractivity contribution in [3.63, 3.8) is 0 Å². The smallest absolute Gasteiger partial charge is 0.173 e. The van der Waals surface area contributed by atoms with E-state index in [-0.39, 0.29) is 0 Å². The SMILES string of the molecule is CCN1CN(C2CCCCC2)CN(C2CCCCC2)C1=S. The third-order valence-electron chi connectivity index (χ3n) is 5.69. The van der Waals surface area contributed by atoms with Gasteiger partial charge in [0.05, 0.1) is 13.3 Å². The second-order valence-electron chi connectivity index (χ2n) is 7.06. The first kappa shape index (κ1) is 15.5. The maximum Gasteiger partial charge on any atom is 0.173 e. The summed E-state index contributed by atoms with van der Waals surface area (Å²) in [6.07, 6.45) is 13.9. The largest absolute Gasteiger partial charge is 0.336 e. The van der Waals surface area contributed by atoms with Crippen molar-refractivity contribution in [2.75, 3.05) is 19.9 Å². The molecule has 0 N–H and O–H groups in total. The molecule has 21 heavy (non-hydrogen) atoms. The summed E-state index contributed by atoms with van der Waals surface area (Å²) in [5.41, 5.74) is 0. The van der Waals surface area contributed by atoms with Crippen LogP contribution < -0.4 is 0 Å². The van der Waals surface area contributed by atoms with E-state index >= 15 is 0 Å². The normalized spacial score (nSPS) is 27.4. The van der Waals surface area contributed by atoms with Crippen molar-refractivity contribution in [1.82, 2.24) is 14.7 Å². The van der Waals surface area contributed by atoms with Crippen LogP contribution >= 0.6 is 12.2 Å². The van der Waals surface area contributed by atoms with Crippen LogP contribution in [0.5, 0.6) is 0 Å². The van der Waals surface area contributed by atoms with E-state index in [1.165, 1.54) is 64.2 Å². The van der Waals surface area contributed by atoms with Gasteiger partial charge in [-0.2, -0.15) is 0 Å².